The number of carbonyl (C=O) groups is 3. The van der Waals surface area contributed by atoms with E-state index in [2.05, 4.69) is 5.32 Å². The first-order valence-corrected chi connectivity index (χ1v) is 8.49. The maximum Gasteiger partial charge on any atom is 0.331 e. The molecular weight excluding hydrogens is 405 g/mol. The van der Waals surface area contributed by atoms with Gasteiger partial charge in [0.1, 0.15) is 5.75 Å². The van der Waals surface area contributed by atoms with Gasteiger partial charge in [-0.3, -0.25) is 9.59 Å². The van der Waals surface area contributed by atoms with E-state index in [4.69, 9.17) is 9.47 Å². The maximum absolute atomic E-state index is 13.5. The average Bonchev–Trinajstić information content (AvgIpc) is 2.75. The molecule has 0 spiro atoms. The van der Waals surface area contributed by atoms with Gasteiger partial charge in [0.2, 0.25) is 5.91 Å². The Morgan fingerprint density at radius 1 is 1.03 bits per heavy atom. The number of anilines is 1. The molecule has 0 saturated heterocycles. The fraction of sp³-hybridized carbons (Fsp3) is 0.150. The van der Waals surface area contributed by atoms with Crippen LogP contribution in [0.4, 0.5) is 18.9 Å². The molecule has 7 nitrogen and oxygen atoms in total. The number of hydrogen-bond acceptors (Lipinski definition) is 5. The Hall–Kier alpha value is -3.82. The summed E-state index contributed by atoms with van der Waals surface area (Å²) < 4.78 is 49.2. The lowest BCUT2D eigenvalue weighted by molar-refractivity contribution is -0.143. The highest BCUT2D eigenvalue weighted by Gasteiger charge is 2.15. The van der Waals surface area contributed by atoms with Crippen LogP contribution in [0.5, 0.6) is 5.75 Å². The highest BCUT2D eigenvalue weighted by molar-refractivity contribution is 5.95. The van der Waals surface area contributed by atoms with Gasteiger partial charge in [0.05, 0.1) is 19.3 Å². The molecule has 0 unspecified atom stereocenters. The summed E-state index contributed by atoms with van der Waals surface area (Å²) >= 11 is 0. The van der Waals surface area contributed by atoms with E-state index < -0.39 is 54.1 Å². The van der Waals surface area contributed by atoms with E-state index in [0.29, 0.717) is 17.4 Å². The van der Waals surface area contributed by atoms with Crippen molar-refractivity contribution in [1.29, 1.82) is 0 Å². The normalized spacial score (nSPS) is 10.5. The standard InChI is InChI=1S/C20H17F3N2O5/c1-29-13-4-2-3-12(9-13)5-8-18(28)30-11-17(27)24-10-16(26)25-15-7-6-14(21)19(22)20(15)23/h2-9H,10-11H2,1H3,(H,24,27)(H,25,26)/b8-5+. The zero-order valence-electron chi connectivity index (χ0n) is 15.7. The number of carbonyl (C=O) groups excluding carboxylic acids is 3. The first-order valence-electron chi connectivity index (χ1n) is 8.49. The third kappa shape index (κ3) is 6.66. The Kier molecular flexibility index (Phi) is 7.98. The summed E-state index contributed by atoms with van der Waals surface area (Å²) in [5, 5.41) is 4.12. The van der Waals surface area contributed by atoms with Crippen molar-refractivity contribution in [2.75, 3.05) is 25.6 Å². The van der Waals surface area contributed by atoms with Crippen molar-refractivity contribution >= 4 is 29.5 Å². The van der Waals surface area contributed by atoms with E-state index in [1.165, 1.54) is 13.2 Å². The molecule has 0 radical (unpaired) electrons. The first kappa shape index (κ1) is 22.5. The number of rotatable bonds is 8. The summed E-state index contributed by atoms with van der Waals surface area (Å²) in [4.78, 5) is 35.0. The molecule has 0 aliphatic carbocycles. The predicted molar refractivity (Wildman–Crippen MR) is 101 cm³/mol. The molecule has 0 saturated carbocycles. The van der Waals surface area contributed by atoms with Crippen LogP contribution in [0.15, 0.2) is 42.5 Å². The van der Waals surface area contributed by atoms with Crippen LogP contribution in [0.3, 0.4) is 0 Å². The summed E-state index contributed by atoms with van der Waals surface area (Å²) in [6, 6.07) is 8.36. The van der Waals surface area contributed by atoms with Gasteiger partial charge in [0.25, 0.3) is 5.91 Å². The van der Waals surface area contributed by atoms with E-state index in [1.807, 2.05) is 5.32 Å². The molecule has 2 amide bonds. The lowest BCUT2D eigenvalue weighted by Crippen LogP contribution is -2.35. The zero-order valence-corrected chi connectivity index (χ0v) is 15.7. The van der Waals surface area contributed by atoms with Crippen molar-refractivity contribution < 1.29 is 37.0 Å². The van der Waals surface area contributed by atoms with Crippen molar-refractivity contribution in [1.82, 2.24) is 5.32 Å². The summed E-state index contributed by atoms with van der Waals surface area (Å²) in [7, 11) is 1.50. The first-order chi connectivity index (χ1) is 14.3. The monoisotopic (exact) mass is 422 g/mol. The van der Waals surface area contributed by atoms with Gasteiger partial charge in [-0.25, -0.2) is 18.0 Å². The summed E-state index contributed by atoms with van der Waals surface area (Å²) in [5.41, 5.74) is 0.0964. The molecule has 0 heterocycles. The molecule has 2 aromatic rings. The Morgan fingerprint density at radius 3 is 2.53 bits per heavy atom. The second-order valence-corrected chi connectivity index (χ2v) is 5.77. The SMILES string of the molecule is COc1cccc(/C=C/C(=O)OCC(=O)NCC(=O)Nc2ccc(F)c(F)c2F)c1. The molecule has 0 aliphatic rings. The zero-order chi connectivity index (χ0) is 22.1. The number of methoxy groups -OCH3 is 1. The van der Waals surface area contributed by atoms with E-state index in [-0.39, 0.29) is 0 Å². The average molecular weight is 422 g/mol. The number of hydrogen-bond donors (Lipinski definition) is 2. The highest BCUT2D eigenvalue weighted by atomic mass is 19.2. The number of amides is 2. The molecule has 0 fully saturated rings. The van der Waals surface area contributed by atoms with E-state index in [1.54, 1.807) is 24.3 Å². The largest absolute Gasteiger partial charge is 0.497 e. The predicted octanol–water partition coefficient (Wildman–Crippen LogP) is 2.42. The van der Waals surface area contributed by atoms with Gasteiger partial charge >= 0.3 is 5.97 Å². The molecule has 30 heavy (non-hydrogen) atoms. The molecule has 0 atom stereocenters. The summed E-state index contributed by atoms with van der Waals surface area (Å²) in [5.74, 6) is -6.57. The molecule has 2 rings (SSSR count). The molecular formula is C20H17F3N2O5. The second-order valence-electron chi connectivity index (χ2n) is 5.77. The van der Waals surface area contributed by atoms with Gasteiger partial charge in [0, 0.05) is 6.08 Å². The van der Waals surface area contributed by atoms with Crippen molar-refractivity contribution in [3.05, 3.63) is 65.5 Å². The second kappa shape index (κ2) is 10.6. The third-order valence-electron chi connectivity index (χ3n) is 3.61. The fourth-order valence-electron chi connectivity index (χ4n) is 2.14. The lowest BCUT2D eigenvalue weighted by Gasteiger charge is -2.08. The minimum absolute atomic E-state index is 0.581. The topological polar surface area (TPSA) is 93.7 Å². The molecule has 2 aromatic carbocycles. The van der Waals surface area contributed by atoms with Gasteiger partial charge in [-0.2, -0.15) is 0 Å². The number of nitrogens with one attached hydrogen (secondary N) is 2. The van der Waals surface area contributed by atoms with Crippen LogP contribution in [0.1, 0.15) is 5.56 Å². The van der Waals surface area contributed by atoms with Gasteiger partial charge < -0.3 is 20.1 Å². The van der Waals surface area contributed by atoms with E-state index >= 15 is 0 Å². The van der Waals surface area contributed by atoms with Gasteiger partial charge in [-0.1, -0.05) is 12.1 Å². The number of esters is 1. The van der Waals surface area contributed by atoms with E-state index in [9.17, 15) is 27.6 Å². The lowest BCUT2D eigenvalue weighted by atomic mass is 10.2. The maximum atomic E-state index is 13.5. The van der Waals surface area contributed by atoms with Crippen LogP contribution < -0.4 is 15.4 Å². The summed E-state index contributed by atoms with van der Waals surface area (Å²) in [6.45, 7) is -1.26. The highest BCUT2D eigenvalue weighted by Crippen LogP contribution is 2.19. The number of benzene rings is 2. The molecule has 2 N–H and O–H groups in total. The Bertz CT molecular complexity index is 979. The van der Waals surface area contributed by atoms with Crippen LogP contribution in [-0.4, -0.2) is 38.0 Å². The van der Waals surface area contributed by atoms with Crippen LogP contribution in [-0.2, 0) is 19.1 Å². The molecule has 10 heteroatoms. The van der Waals surface area contributed by atoms with Crippen molar-refractivity contribution in [3.63, 3.8) is 0 Å². The molecule has 0 bridgehead atoms. The smallest absolute Gasteiger partial charge is 0.331 e. The molecule has 158 valence electrons. The van der Waals surface area contributed by atoms with Crippen LogP contribution in [0, 0.1) is 17.5 Å². The van der Waals surface area contributed by atoms with E-state index in [0.717, 1.165) is 12.1 Å². The van der Waals surface area contributed by atoms with Crippen molar-refractivity contribution in [2.24, 2.45) is 0 Å². The number of halogens is 3. The Morgan fingerprint density at radius 2 is 1.80 bits per heavy atom. The van der Waals surface area contributed by atoms with Crippen molar-refractivity contribution in [3.8, 4) is 5.75 Å². The van der Waals surface area contributed by atoms with Gasteiger partial charge in [-0.15, -0.1) is 0 Å². The minimum Gasteiger partial charge on any atom is -0.497 e. The van der Waals surface area contributed by atoms with Gasteiger partial charge in [0.15, 0.2) is 24.1 Å². The van der Waals surface area contributed by atoms with Crippen LogP contribution in [0.2, 0.25) is 0 Å². The third-order valence-corrected chi connectivity index (χ3v) is 3.61. The quantitative estimate of drug-likeness (QED) is 0.387. The molecule has 0 aromatic heterocycles. The molecule has 0 aliphatic heterocycles. The number of ether oxygens (including phenoxy) is 2. The minimum atomic E-state index is -1.73. The Labute approximate surface area is 169 Å². The van der Waals surface area contributed by atoms with Crippen LogP contribution in [0.25, 0.3) is 6.08 Å². The summed E-state index contributed by atoms with van der Waals surface area (Å²) in [6.07, 6.45) is 2.58. The van der Waals surface area contributed by atoms with Crippen molar-refractivity contribution in [2.45, 2.75) is 0 Å². The van der Waals surface area contributed by atoms with Crippen LogP contribution >= 0.6 is 0 Å². The van der Waals surface area contributed by atoms with Gasteiger partial charge in [-0.05, 0) is 35.9 Å². The fourth-order valence-corrected chi connectivity index (χ4v) is 2.14. The Balaban J connectivity index is 1.75.